The normalized spacial score (nSPS) is 11.8. The average molecular weight is 617 g/mol. The molecule has 0 amide bonds. The van der Waals surface area contributed by atoms with Crippen LogP contribution in [-0.4, -0.2) is 45.8 Å². The van der Waals surface area contributed by atoms with Gasteiger partial charge in [0.05, 0.1) is 28.1 Å². The van der Waals surface area contributed by atoms with Gasteiger partial charge in [0.1, 0.15) is 12.4 Å². The van der Waals surface area contributed by atoms with Gasteiger partial charge in [-0.15, -0.1) is 12.4 Å². The predicted molar refractivity (Wildman–Crippen MR) is 162 cm³/mol. The van der Waals surface area contributed by atoms with E-state index in [2.05, 4.69) is 5.32 Å². The van der Waals surface area contributed by atoms with Crippen LogP contribution in [0.1, 0.15) is 28.9 Å². The molecular formula is C31H31Cl2NO6S. The van der Waals surface area contributed by atoms with Gasteiger partial charge in [0.15, 0.2) is 0 Å². The van der Waals surface area contributed by atoms with Crippen molar-refractivity contribution in [2.75, 3.05) is 26.3 Å². The second kappa shape index (κ2) is 15.0. The molecule has 0 radical (unpaired) electrons. The Kier molecular flexibility index (Phi) is 11.8. The lowest BCUT2D eigenvalue weighted by Crippen LogP contribution is -2.26. The van der Waals surface area contributed by atoms with Crippen molar-refractivity contribution in [1.82, 2.24) is 5.32 Å². The van der Waals surface area contributed by atoms with Gasteiger partial charge in [-0.2, -0.15) is 0 Å². The van der Waals surface area contributed by atoms with E-state index in [0.29, 0.717) is 36.0 Å². The number of sulfone groups is 1. The van der Waals surface area contributed by atoms with Crippen LogP contribution in [-0.2, 0) is 14.6 Å². The van der Waals surface area contributed by atoms with Crippen LogP contribution < -0.4 is 10.1 Å². The van der Waals surface area contributed by atoms with Crippen molar-refractivity contribution in [3.05, 3.63) is 113 Å². The first-order valence-electron chi connectivity index (χ1n) is 12.8. The first kappa shape index (κ1) is 32.1. The van der Waals surface area contributed by atoms with E-state index in [4.69, 9.17) is 21.1 Å². The molecular weight excluding hydrogens is 585 g/mol. The zero-order valence-corrected chi connectivity index (χ0v) is 24.7. The van der Waals surface area contributed by atoms with E-state index >= 15 is 0 Å². The molecule has 0 aliphatic rings. The van der Waals surface area contributed by atoms with Crippen LogP contribution in [0.5, 0.6) is 5.75 Å². The molecule has 0 spiro atoms. The lowest BCUT2D eigenvalue weighted by molar-refractivity contribution is 0.0526. The number of aliphatic hydroxyl groups excluding tert-OH is 1. The van der Waals surface area contributed by atoms with E-state index < -0.39 is 21.9 Å². The zero-order valence-electron chi connectivity index (χ0n) is 22.3. The van der Waals surface area contributed by atoms with Crippen molar-refractivity contribution >= 4 is 39.8 Å². The fourth-order valence-electron chi connectivity index (χ4n) is 4.03. The standard InChI is InChI=1S/C31H30ClNO6S.ClH/c1-2-38-31(35)25-7-3-5-23(19-25)22-9-13-28(14-10-22)40(36,37)29-15-11-27(12-16-29)39-18-17-33-21-30(34)24-6-4-8-26(32)20-24;/h3-16,19-20,30,33-34H,2,17-18,21H2,1H3;1H/t30-;/m0./s1. The topological polar surface area (TPSA) is 102 Å². The van der Waals surface area contributed by atoms with E-state index in [-0.39, 0.29) is 28.8 Å². The number of aliphatic hydroxyl groups is 1. The quantitative estimate of drug-likeness (QED) is 0.146. The van der Waals surface area contributed by atoms with Gasteiger partial charge in [-0.3, -0.25) is 0 Å². The van der Waals surface area contributed by atoms with Gasteiger partial charge in [0, 0.05) is 18.1 Å². The van der Waals surface area contributed by atoms with E-state index in [0.717, 1.165) is 16.7 Å². The summed E-state index contributed by atoms with van der Waals surface area (Å²) in [6, 6.07) is 26.9. The summed E-state index contributed by atoms with van der Waals surface area (Å²) in [6.07, 6.45) is -0.688. The lowest BCUT2D eigenvalue weighted by atomic mass is 10.0. The predicted octanol–water partition coefficient (Wildman–Crippen LogP) is 6.14. The molecule has 4 rings (SSSR count). The zero-order chi connectivity index (χ0) is 28.5. The minimum Gasteiger partial charge on any atom is -0.492 e. The van der Waals surface area contributed by atoms with Crippen molar-refractivity contribution in [3.63, 3.8) is 0 Å². The summed E-state index contributed by atoms with van der Waals surface area (Å²) in [5.74, 6) is 0.132. The molecule has 0 heterocycles. The van der Waals surface area contributed by atoms with Crippen LogP contribution in [0.4, 0.5) is 0 Å². The fraction of sp³-hybridized carbons (Fsp3) is 0.194. The Bertz CT molecular complexity index is 1540. The van der Waals surface area contributed by atoms with Crippen LogP contribution in [0.2, 0.25) is 5.02 Å². The van der Waals surface area contributed by atoms with E-state index in [1.165, 1.54) is 12.1 Å². The first-order chi connectivity index (χ1) is 19.3. The van der Waals surface area contributed by atoms with Gasteiger partial charge >= 0.3 is 5.97 Å². The van der Waals surface area contributed by atoms with Crippen LogP contribution in [0.3, 0.4) is 0 Å². The summed E-state index contributed by atoms with van der Waals surface area (Å²) in [5.41, 5.74) is 2.73. The number of benzene rings is 4. The number of halogens is 2. The van der Waals surface area contributed by atoms with E-state index in [1.807, 2.05) is 12.1 Å². The number of hydrogen-bond donors (Lipinski definition) is 2. The van der Waals surface area contributed by atoms with Gasteiger partial charge in [-0.1, -0.05) is 48.0 Å². The summed E-state index contributed by atoms with van der Waals surface area (Å²) >= 11 is 5.96. The van der Waals surface area contributed by atoms with E-state index in [1.54, 1.807) is 79.7 Å². The molecule has 41 heavy (non-hydrogen) atoms. The van der Waals surface area contributed by atoms with Gasteiger partial charge in [0.25, 0.3) is 0 Å². The SMILES string of the molecule is CCOC(=O)c1cccc(-c2ccc(S(=O)(=O)c3ccc(OCCNC[C@H](O)c4cccc(Cl)c4)cc3)cc2)c1.Cl. The minimum atomic E-state index is -3.73. The Morgan fingerprint density at radius 2 is 1.56 bits per heavy atom. The van der Waals surface area contributed by atoms with Gasteiger partial charge < -0.3 is 19.9 Å². The largest absolute Gasteiger partial charge is 0.492 e. The van der Waals surface area contributed by atoms with Crippen molar-refractivity contribution in [2.24, 2.45) is 0 Å². The highest BCUT2D eigenvalue weighted by molar-refractivity contribution is 7.91. The van der Waals surface area contributed by atoms with Crippen molar-refractivity contribution < 1.29 is 27.8 Å². The average Bonchev–Trinajstić information content (AvgIpc) is 2.97. The Hall–Kier alpha value is -3.40. The number of ether oxygens (including phenoxy) is 2. The summed E-state index contributed by atoms with van der Waals surface area (Å²) < 4.78 is 37.1. The Morgan fingerprint density at radius 1 is 0.902 bits per heavy atom. The number of nitrogens with one attached hydrogen (secondary N) is 1. The molecule has 0 unspecified atom stereocenters. The third-order valence-corrected chi connectivity index (χ3v) is 8.15. The van der Waals surface area contributed by atoms with Crippen LogP contribution in [0, 0.1) is 0 Å². The van der Waals surface area contributed by atoms with Crippen molar-refractivity contribution in [3.8, 4) is 16.9 Å². The van der Waals surface area contributed by atoms with Crippen molar-refractivity contribution in [1.29, 1.82) is 0 Å². The number of hydrogen-bond acceptors (Lipinski definition) is 7. The van der Waals surface area contributed by atoms with Gasteiger partial charge in [-0.25, -0.2) is 13.2 Å². The maximum absolute atomic E-state index is 13.2. The first-order valence-corrected chi connectivity index (χ1v) is 14.6. The highest BCUT2D eigenvalue weighted by atomic mass is 35.5. The lowest BCUT2D eigenvalue weighted by Gasteiger charge is -2.13. The molecule has 0 aliphatic carbocycles. The Balaban J connectivity index is 0.00000462. The molecule has 7 nitrogen and oxygen atoms in total. The highest BCUT2D eigenvalue weighted by Gasteiger charge is 2.18. The third kappa shape index (κ3) is 8.55. The number of rotatable bonds is 12. The van der Waals surface area contributed by atoms with E-state index in [9.17, 15) is 18.3 Å². The second-order valence-electron chi connectivity index (χ2n) is 8.92. The highest BCUT2D eigenvalue weighted by Crippen LogP contribution is 2.27. The molecule has 2 N–H and O–H groups in total. The summed E-state index contributed by atoms with van der Waals surface area (Å²) in [4.78, 5) is 12.4. The summed E-state index contributed by atoms with van der Waals surface area (Å²) in [7, 11) is -3.73. The molecule has 4 aromatic rings. The molecule has 10 heteroatoms. The number of esters is 1. The molecule has 216 valence electrons. The third-order valence-electron chi connectivity index (χ3n) is 6.12. The maximum atomic E-state index is 13.2. The number of carbonyl (C=O) groups is 1. The minimum absolute atomic E-state index is 0. The van der Waals surface area contributed by atoms with Crippen LogP contribution >= 0.6 is 24.0 Å². The maximum Gasteiger partial charge on any atom is 0.338 e. The molecule has 1 atom stereocenters. The molecule has 4 aromatic carbocycles. The Labute approximate surface area is 251 Å². The summed E-state index contributed by atoms with van der Waals surface area (Å²) in [5, 5.41) is 13.9. The molecule has 0 aliphatic heterocycles. The molecule has 0 bridgehead atoms. The smallest absolute Gasteiger partial charge is 0.338 e. The van der Waals surface area contributed by atoms with Gasteiger partial charge in [0.2, 0.25) is 9.84 Å². The van der Waals surface area contributed by atoms with Crippen LogP contribution in [0.25, 0.3) is 11.1 Å². The molecule has 0 fully saturated rings. The van der Waals surface area contributed by atoms with Crippen LogP contribution in [0.15, 0.2) is 107 Å². The Morgan fingerprint density at radius 3 is 2.22 bits per heavy atom. The molecule has 0 saturated heterocycles. The summed E-state index contributed by atoms with van der Waals surface area (Å²) in [6.45, 7) is 3.21. The van der Waals surface area contributed by atoms with Crippen molar-refractivity contribution in [2.45, 2.75) is 22.8 Å². The second-order valence-corrected chi connectivity index (χ2v) is 11.3. The number of carbonyl (C=O) groups excluding carboxylic acids is 1. The molecule has 0 saturated carbocycles. The fourth-order valence-corrected chi connectivity index (χ4v) is 5.49. The monoisotopic (exact) mass is 615 g/mol. The molecule has 0 aromatic heterocycles. The van der Waals surface area contributed by atoms with Gasteiger partial charge in [-0.05, 0) is 84.3 Å².